The van der Waals surface area contributed by atoms with Crippen LogP contribution in [0.5, 0.6) is 11.5 Å². The van der Waals surface area contributed by atoms with Crippen molar-refractivity contribution < 1.29 is 14.3 Å². The fourth-order valence-corrected chi connectivity index (χ4v) is 3.33. The zero-order valence-electron chi connectivity index (χ0n) is 19.4. The summed E-state index contributed by atoms with van der Waals surface area (Å²) in [6, 6.07) is 25.2. The number of hydrogen-bond donors (Lipinski definition) is 2. The van der Waals surface area contributed by atoms with E-state index < -0.39 is 0 Å². The van der Waals surface area contributed by atoms with E-state index in [1.807, 2.05) is 78.9 Å². The number of ether oxygens (including phenoxy) is 2. The van der Waals surface area contributed by atoms with E-state index in [4.69, 9.17) is 9.47 Å². The van der Waals surface area contributed by atoms with Crippen LogP contribution in [0.3, 0.4) is 0 Å². The van der Waals surface area contributed by atoms with Crippen molar-refractivity contribution in [2.75, 3.05) is 23.8 Å². The minimum Gasteiger partial charge on any atom is -0.494 e. The van der Waals surface area contributed by atoms with Crippen molar-refractivity contribution in [1.29, 1.82) is 0 Å². The topological polar surface area (TPSA) is 59.6 Å². The van der Waals surface area contributed by atoms with Gasteiger partial charge in [-0.25, -0.2) is 0 Å². The highest BCUT2D eigenvalue weighted by atomic mass is 16.5. The Labute approximate surface area is 197 Å². The van der Waals surface area contributed by atoms with Gasteiger partial charge < -0.3 is 20.1 Å². The number of hydrogen-bond acceptors (Lipinski definition) is 4. The van der Waals surface area contributed by atoms with Crippen molar-refractivity contribution in [1.82, 2.24) is 0 Å². The van der Waals surface area contributed by atoms with E-state index in [-0.39, 0.29) is 12.5 Å². The summed E-state index contributed by atoms with van der Waals surface area (Å²) in [7, 11) is 0. The molecule has 0 heterocycles. The Balaban J connectivity index is 1.34. The van der Waals surface area contributed by atoms with Gasteiger partial charge in [0.1, 0.15) is 18.1 Å². The van der Waals surface area contributed by atoms with Crippen LogP contribution < -0.4 is 20.1 Å². The lowest BCUT2D eigenvalue weighted by Gasteiger charge is -2.10. The predicted molar refractivity (Wildman–Crippen MR) is 135 cm³/mol. The van der Waals surface area contributed by atoms with E-state index >= 15 is 0 Å². The predicted octanol–water partition coefficient (Wildman–Crippen LogP) is 6.67. The first-order chi connectivity index (χ1) is 16.2. The molecule has 1 amide bonds. The summed E-state index contributed by atoms with van der Waals surface area (Å²) in [5.41, 5.74) is 2.74. The third-order valence-electron chi connectivity index (χ3n) is 5.21. The summed E-state index contributed by atoms with van der Waals surface area (Å²) >= 11 is 0. The van der Waals surface area contributed by atoms with Gasteiger partial charge in [0.15, 0.2) is 0 Å². The average molecular weight is 447 g/mol. The molecule has 0 saturated carbocycles. The Hall–Kier alpha value is -3.47. The summed E-state index contributed by atoms with van der Waals surface area (Å²) in [5.74, 6) is 1.51. The maximum atomic E-state index is 12.3. The van der Waals surface area contributed by atoms with E-state index in [0.29, 0.717) is 6.61 Å². The maximum absolute atomic E-state index is 12.3. The molecular weight excluding hydrogens is 412 g/mol. The third kappa shape index (κ3) is 9.27. The number of carbonyl (C=O) groups is 1. The highest BCUT2D eigenvalue weighted by Gasteiger charge is 2.04. The van der Waals surface area contributed by atoms with E-state index in [2.05, 4.69) is 17.6 Å². The zero-order valence-corrected chi connectivity index (χ0v) is 19.4. The smallest absolute Gasteiger partial charge is 0.243 e. The Bertz CT molecular complexity index is 941. The van der Waals surface area contributed by atoms with Crippen LogP contribution in [0.2, 0.25) is 0 Å². The van der Waals surface area contributed by atoms with Crippen LogP contribution >= 0.6 is 0 Å². The molecule has 174 valence electrons. The van der Waals surface area contributed by atoms with Crippen LogP contribution in [0.15, 0.2) is 78.9 Å². The molecule has 0 aromatic heterocycles. The fourth-order valence-electron chi connectivity index (χ4n) is 3.33. The second-order valence-electron chi connectivity index (χ2n) is 7.99. The zero-order chi connectivity index (χ0) is 23.1. The van der Waals surface area contributed by atoms with Gasteiger partial charge in [-0.1, -0.05) is 62.9 Å². The Morgan fingerprint density at radius 3 is 2.06 bits per heavy atom. The molecule has 2 N–H and O–H groups in total. The van der Waals surface area contributed by atoms with Crippen LogP contribution in [0.1, 0.15) is 44.6 Å². The van der Waals surface area contributed by atoms with E-state index in [1.165, 1.54) is 25.7 Å². The molecule has 0 spiro atoms. The molecule has 0 saturated heterocycles. The van der Waals surface area contributed by atoms with Gasteiger partial charge in [-0.15, -0.1) is 0 Å². The monoisotopic (exact) mass is 446 g/mol. The van der Waals surface area contributed by atoms with Gasteiger partial charge in [0.2, 0.25) is 5.91 Å². The Kier molecular flexibility index (Phi) is 10.1. The number of anilines is 2. The largest absolute Gasteiger partial charge is 0.494 e. The second-order valence-corrected chi connectivity index (χ2v) is 7.99. The van der Waals surface area contributed by atoms with E-state index in [9.17, 15) is 4.79 Å². The van der Waals surface area contributed by atoms with Crippen molar-refractivity contribution in [2.45, 2.75) is 45.6 Å². The van der Waals surface area contributed by atoms with Crippen LogP contribution in [-0.4, -0.2) is 19.1 Å². The molecule has 0 fully saturated rings. The maximum Gasteiger partial charge on any atom is 0.243 e. The summed E-state index contributed by atoms with van der Waals surface area (Å²) < 4.78 is 11.6. The van der Waals surface area contributed by atoms with Gasteiger partial charge in [0.05, 0.1) is 13.2 Å². The molecule has 0 atom stereocenters. The molecule has 33 heavy (non-hydrogen) atoms. The number of benzene rings is 3. The standard InChI is InChI=1S/C28H34N2O3/c1-2-3-4-5-9-20-32-26-18-14-25(15-19-26)30-28(31)21-29-24-12-16-27(17-13-24)33-22-23-10-7-6-8-11-23/h6-8,10-19,29H,2-5,9,20-22H2,1H3,(H,30,31). The first kappa shape index (κ1) is 24.2. The molecule has 5 nitrogen and oxygen atoms in total. The number of amides is 1. The highest BCUT2D eigenvalue weighted by Crippen LogP contribution is 2.18. The molecule has 5 heteroatoms. The van der Waals surface area contributed by atoms with Crippen LogP contribution in [-0.2, 0) is 11.4 Å². The second kappa shape index (κ2) is 13.8. The SMILES string of the molecule is CCCCCCCOc1ccc(NC(=O)CNc2ccc(OCc3ccccc3)cc2)cc1. The fraction of sp³-hybridized carbons (Fsp3) is 0.321. The van der Waals surface area contributed by atoms with Crippen molar-refractivity contribution >= 4 is 17.3 Å². The van der Waals surface area contributed by atoms with Crippen molar-refractivity contribution in [3.05, 3.63) is 84.4 Å². The van der Waals surface area contributed by atoms with Crippen molar-refractivity contribution in [2.24, 2.45) is 0 Å². The molecule has 0 aliphatic rings. The molecule has 3 aromatic rings. The van der Waals surface area contributed by atoms with Crippen LogP contribution in [0, 0.1) is 0 Å². The lowest BCUT2D eigenvalue weighted by atomic mass is 10.2. The minimum atomic E-state index is -0.107. The summed E-state index contributed by atoms with van der Waals surface area (Å²) in [5, 5.41) is 6.03. The van der Waals surface area contributed by atoms with E-state index in [0.717, 1.165) is 41.5 Å². The van der Waals surface area contributed by atoms with E-state index in [1.54, 1.807) is 0 Å². The quantitative estimate of drug-likeness (QED) is 0.272. The molecule has 0 unspecified atom stereocenters. The van der Waals surface area contributed by atoms with Gasteiger partial charge in [0.25, 0.3) is 0 Å². The Morgan fingerprint density at radius 2 is 1.36 bits per heavy atom. The first-order valence-corrected chi connectivity index (χ1v) is 11.8. The molecule has 0 bridgehead atoms. The Morgan fingerprint density at radius 1 is 0.727 bits per heavy atom. The molecule has 0 aliphatic carbocycles. The van der Waals surface area contributed by atoms with Gasteiger partial charge in [-0.2, -0.15) is 0 Å². The lowest BCUT2D eigenvalue weighted by Crippen LogP contribution is -2.21. The minimum absolute atomic E-state index is 0.107. The number of nitrogens with one attached hydrogen (secondary N) is 2. The lowest BCUT2D eigenvalue weighted by molar-refractivity contribution is -0.114. The molecule has 0 radical (unpaired) electrons. The first-order valence-electron chi connectivity index (χ1n) is 11.8. The van der Waals surface area contributed by atoms with Gasteiger partial charge in [-0.3, -0.25) is 4.79 Å². The summed E-state index contributed by atoms with van der Waals surface area (Å²) in [4.78, 5) is 12.3. The summed E-state index contributed by atoms with van der Waals surface area (Å²) in [6.45, 7) is 3.65. The van der Waals surface area contributed by atoms with Gasteiger partial charge in [-0.05, 0) is 60.5 Å². The molecule has 3 aromatic carbocycles. The number of rotatable bonds is 14. The van der Waals surface area contributed by atoms with Gasteiger partial charge >= 0.3 is 0 Å². The normalized spacial score (nSPS) is 10.5. The third-order valence-corrected chi connectivity index (χ3v) is 5.21. The van der Waals surface area contributed by atoms with Crippen LogP contribution in [0.4, 0.5) is 11.4 Å². The highest BCUT2D eigenvalue weighted by molar-refractivity contribution is 5.93. The number of unbranched alkanes of at least 4 members (excludes halogenated alkanes) is 4. The molecular formula is C28H34N2O3. The number of carbonyl (C=O) groups excluding carboxylic acids is 1. The average Bonchev–Trinajstić information content (AvgIpc) is 2.86. The molecule has 3 rings (SSSR count). The molecule has 0 aliphatic heterocycles. The van der Waals surface area contributed by atoms with Crippen molar-refractivity contribution in [3.8, 4) is 11.5 Å². The van der Waals surface area contributed by atoms with Gasteiger partial charge in [0, 0.05) is 11.4 Å². The summed E-state index contributed by atoms with van der Waals surface area (Å²) in [6.07, 6.45) is 6.09. The van der Waals surface area contributed by atoms with Crippen LogP contribution in [0.25, 0.3) is 0 Å². The van der Waals surface area contributed by atoms with Crippen molar-refractivity contribution in [3.63, 3.8) is 0 Å².